The molecule has 1 aliphatic heterocycles. The molecule has 1 aliphatic rings. The average molecular weight is 393 g/mol. The maximum atomic E-state index is 11.5. The van der Waals surface area contributed by atoms with Crippen molar-refractivity contribution in [3.8, 4) is 5.75 Å². The topological polar surface area (TPSA) is 79.6 Å². The first-order valence-corrected chi connectivity index (χ1v) is 9.41. The van der Waals surface area contributed by atoms with Crippen LogP contribution in [-0.4, -0.2) is 58.3 Å². The fraction of sp³-hybridized carbons (Fsp3) is 0.474. The van der Waals surface area contributed by atoms with Gasteiger partial charge in [-0.25, -0.2) is 4.98 Å². The second-order valence-electron chi connectivity index (χ2n) is 6.81. The fourth-order valence-electron chi connectivity index (χ4n) is 3.31. The van der Waals surface area contributed by atoms with Crippen LogP contribution in [0.25, 0.3) is 0 Å². The number of halogens is 1. The van der Waals surface area contributed by atoms with E-state index in [0.29, 0.717) is 50.0 Å². The Balaban J connectivity index is 1.51. The Hall–Kier alpha value is -2.09. The molecular weight excluding hydrogens is 368 g/mol. The van der Waals surface area contributed by atoms with Crippen molar-refractivity contribution in [2.45, 2.75) is 25.6 Å². The van der Waals surface area contributed by atoms with Crippen LogP contribution in [0.3, 0.4) is 0 Å². The lowest BCUT2D eigenvalue weighted by atomic mass is 10.0. The summed E-state index contributed by atoms with van der Waals surface area (Å²) in [6.07, 6.45) is 5.23. The molecule has 27 heavy (non-hydrogen) atoms. The number of amides is 1. The van der Waals surface area contributed by atoms with Crippen molar-refractivity contribution in [2.75, 3.05) is 26.7 Å². The van der Waals surface area contributed by atoms with E-state index >= 15 is 0 Å². The Morgan fingerprint density at radius 2 is 2.30 bits per heavy atom. The minimum absolute atomic E-state index is 0.0359. The van der Waals surface area contributed by atoms with Crippen LogP contribution in [0, 0.1) is 5.92 Å². The number of aromatic nitrogens is 2. The predicted octanol–water partition coefficient (Wildman–Crippen LogP) is 1.54. The highest BCUT2D eigenvalue weighted by molar-refractivity contribution is 6.32. The van der Waals surface area contributed by atoms with Crippen molar-refractivity contribution in [1.29, 1.82) is 0 Å². The molecule has 2 heterocycles. The van der Waals surface area contributed by atoms with Gasteiger partial charge in [-0.3, -0.25) is 9.69 Å². The normalized spacial score (nSPS) is 20.0. The smallest absolute Gasteiger partial charge is 0.220 e. The summed E-state index contributed by atoms with van der Waals surface area (Å²) in [6.45, 7) is 3.14. The largest absolute Gasteiger partial charge is 0.490 e. The third-order valence-corrected chi connectivity index (χ3v) is 5.07. The number of ether oxygens (including phenoxy) is 1. The lowest BCUT2D eigenvalue weighted by Gasteiger charge is -2.16. The van der Waals surface area contributed by atoms with E-state index in [2.05, 4.69) is 15.2 Å². The molecule has 8 heteroatoms. The van der Waals surface area contributed by atoms with Gasteiger partial charge in [0.05, 0.1) is 24.0 Å². The second kappa shape index (κ2) is 9.21. The highest BCUT2D eigenvalue weighted by Crippen LogP contribution is 2.28. The molecule has 1 aromatic heterocycles. The zero-order valence-corrected chi connectivity index (χ0v) is 16.1. The van der Waals surface area contributed by atoms with E-state index in [-0.39, 0.29) is 11.8 Å². The van der Waals surface area contributed by atoms with Crippen molar-refractivity contribution < 1.29 is 14.6 Å². The summed E-state index contributed by atoms with van der Waals surface area (Å²) < 4.78 is 7.69. The third kappa shape index (κ3) is 5.45. The zero-order chi connectivity index (χ0) is 19.2. The average Bonchev–Trinajstić information content (AvgIpc) is 3.27. The van der Waals surface area contributed by atoms with Gasteiger partial charge in [0.1, 0.15) is 12.4 Å². The molecular formula is C19H25ClN4O3. The van der Waals surface area contributed by atoms with Crippen molar-refractivity contribution in [3.63, 3.8) is 0 Å². The minimum atomic E-state index is -0.483. The number of hydrogen-bond acceptors (Lipinski definition) is 5. The maximum absolute atomic E-state index is 11.5. The molecule has 0 aliphatic carbocycles. The predicted molar refractivity (Wildman–Crippen MR) is 103 cm³/mol. The number of hydrogen-bond donors (Lipinski definition) is 2. The van der Waals surface area contributed by atoms with Crippen LogP contribution >= 0.6 is 11.6 Å². The lowest BCUT2D eigenvalue weighted by Crippen LogP contribution is -2.27. The molecule has 3 rings (SSSR count). The summed E-state index contributed by atoms with van der Waals surface area (Å²) in [4.78, 5) is 17.7. The molecule has 2 N–H and O–H groups in total. The number of rotatable bonds is 8. The van der Waals surface area contributed by atoms with Gasteiger partial charge in [0.2, 0.25) is 5.91 Å². The van der Waals surface area contributed by atoms with Crippen molar-refractivity contribution in [3.05, 3.63) is 47.5 Å². The van der Waals surface area contributed by atoms with Gasteiger partial charge in [-0.1, -0.05) is 17.7 Å². The number of carbonyl (C=O) groups excluding carboxylic acids is 1. The van der Waals surface area contributed by atoms with Gasteiger partial charge in [-0.15, -0.1) is 0 Å². The molecule has 0 saturated carbocycles. The first-order chi connectivity index (χ1) is 13.0. The Morgan fingerprint density at radius 3 is 3.00 bits per heavy atom. The van der Waals surface area contributed by atoms with Crippen molar-refractivity contribution in [2.24, 2.45) is 5.92 Å². The monoisotopic (exact) mass is 392 g/mol. The summed E-state index contributed by atoms with van der Waals surface area (Å²) in [5.74, 6) is 0.576. The molecule has 0 radical (unpaired) electrons. The van der Waals surface area contributed by atoms with Crippen LogP contribution in [0.15, 0.2) is 36.9 Å². The summed E-state index contributed by atoms with van der Waals surface area (Å²) in [5.41, 5.74) is 1.05. The number of nitrogens with zero attached hydrogens (tertiary/aromatic N) is 3. The number of likely N-dealkylation sites (tertiary alicyclic amines) is 1. The molecule has 0 bridgehead atoms. The molecule has 2 atom stereocenters. The van der Waals surface area contributed by atoms with Gasteiger partial charge in [-0.05, 0) is 17.7 Å². The minimum Gasteiger partial charge on any atom is -0.490 e. The number of aliphatic hydroxyl groups excluding tert-OH is 1. The van der Waals surface area contributed by atoms with Gasteiger partial charge in [-0.2, -0.15) is 0 Å². The van der Waals surface area contributed by atoms with Crippen LogP contribution in [0.2, 0.25) is 5.02 Å². The fourth-order valence-corrected chi connectivity index (χ4v) is 3.57. The van der Waals surface area contributed by atoms with Gasteiger partial charge in [0.15, 0.2) is 0 Å². The van der Waals surface area contributed by atoms with Crippen LogP contribution in [0.1, 0.15) is 12.0 Å². The van der Waals surface area contributed by atoms with Gasteiger partial charge < -0.3 is 19.7 Å². The Morgan fingerprint density at radius 1 is 1.44 bits per heavy atom. The molecule has 7 nitrogen and oxygen atoms in total. The third-order valence-electron chi connectivity index (χ3n) is 4.78. The summed E-state index contributed by atoms with van der Waals surface area (Å²) in [5, 5.41) is 13.4. The van der Waals surface area contributed by atoms with Crippen LogP contribution in [0.5, 0.6) is 5.75 Å². The molecule has 2 aromatic rings. The van der Waals surface area contributed by atoms with E-state index in [0.717, 1.165) is 5.56 Å². The quantitative estimate of drug-likeness (QED) is 0.712. The first kappa shape index (κ1) is 19.7. The molecule has 1 amide bonds. The van der Waals surface area contributed by atoms with E-state index in [4.69, 9.17) is 16.3 Å². The Kier molecular flexibility index (Phi) is 6.71. The van der Waals surface area contributed by atoms with E-state index in [9.17, 15) is 9.90 Å². The standard InChI is InChI=1S/C19H25ClN4O3/c1-21-19(26)9-15-11-24(12-17(15)25)10-14-2-3-18(16(20)8-14)27-7-6-23-5-4-22-13-23/h2-5,8,13,15,17,25H,6-7,9-12H2,1H3,(H,21,26)/t15-,17-/m1/s1. The highest BCUT2D eigenvalue weighted by Gasteiger charge is 2.32. The van der Waals surface area contributed by atoms with Crippen molar-refractivity contribution in [1.82, 2.24) is 19.8 Å². The van der Waals surface area contributed by atoms with Crippen LogP contribution in [0.4, 0.5) is 0 Å². The van der Waals surface area contributed by atoms with Crippen molar-refractivity contribution >= 4 is 17.5 Å². The SMILES string of the molecule is CNC(=O)C[C@@H]1CN(Cc2ccc(OCCn3ccnc3)c(Cl)c2)C[C@H]1O. The van der Waals surface area contributed by atoms with Crippen LogP contribution < -0.4 is 10.1 Å². The van der Waals surface area contributed by atoms with Crippen LogP contribution in [-0.2, 0) is 17.9 Å². The molecule has 1 fully saturated rings. The van der Waals surface area contributed by atoms with E-state index in [1.165, 1.54) is 0 Å². The Bertz CT molecular complexity index is 753. The van der Waals surface area contributed by atoms with E-state index < -0.39 is 6.10 Å². The molecule has 146 valence electrons. The van der Waals surface area contributed by atoms with E-state index in [1.807, 2.05) is 29.0 Å². The molecule has 1 saturated heterocycles. The van der Waals surface area contributed by atoms with E-state index in [1.54, 1.807) is 19.6 Å². The summed E-state index contributed by atoms with van der Waals surface area (Å²) >= 11 is 6.36. The lowest BCUT2D eigenvalue weighted by molar-refractivity contribution is -0.122. The maximum Gasteiger partial charge on any atom is 0.220 e. The second-order valence-corrected chi connectivity index (χ2v) is 7.22. The summed E-state index contributed by atoms with van der Waals surface area (Å²) in [7, 11) is 1.61. The molecule has 0 spiro atoms. The number of β-amino-alcohol motifs (C(OH)–C–C–N with tert-alkyl or cyclic N) is 1. The molecule has 1 aromatic carbocycles. The number of nitrogens with one attached hydrogen (secondary N) is 1. The first-order valence-electron chi connectivity index (χ1n) is 9.03. The van der Waals surface area contributed by atoms with Gasteiger partial charge >= 0.3 is 0 Å². The highest BCUT2D eigenvalue weighted by atomic mass is 35.5. The number of imidazole rings is 1. The van der Waals surface area contributed by atoms with Gasteiger partial charge in [0, 0.05) is 51.4 Å². The number of benzene rings is 1. The Labute approximate surface area is 163 Å². The molecule has 0 unspecified atom stereocenters. The van der Waals surface area contributed by atoms with Gasteiger partial charge in [0.25, 0.3) is 0 Å². The number of aliphatic hydroxyl groups is 1. The number of carbonyl (C=O) groups is 1. The summed E-state index contributed by atoms with van der Waals surface area (Å²) in [6, 6.07) is 5.75. The zero-order valence-electron chi connectivity index (χ0n) is 15.3.